The number of hydrogen-bond donors (Lipinski definition) is 1. The predicted octanol–water partition coefficient (Wildman–Crippen LogP) is 1.59. The van der Waals surface area contributed by atoms with Crippen LogP contribution in [0.4, 0.5) is 5.95 Å². The smallest absolute Gasteiger partial charge is 0.245 e. The molecule has 0 spiro atoms. The standard InChI is InChI=1S/C13H23N5/c1-10-11(2)16-17-13(15-10)18(9-5-8-14)12-6-3-4-7-12/h12H,3-9,14H2,1-2H3. The third-order valence-corrected chi connectivity index (χ3v) is 3.71. The van der Waals surface area contributed by atoms with Gasteiger partial charge in [0, 0.05) is 12.6 Å². The molecule has 5 nitrogen and oxygen atoms in total. The van der Waals surface area contributed by atoms with Gasteiger partial charge in [0.15, 0.2) is 0 Å². The second-order valence-electron chi connectivity index (χ2n) is 5.06. The van der Waals surface area contributed by atoms with Gasteiger partial charge in [0.05, 0.1) is 11.4 Å². The lowest BCUT2D eigenvalue weighted by molar-refractivity contribution is 0.573. The molecule has 1 aromatic rings. The van der Waals surface area contributed by atoms with Gasteiger partial charge in [-0.05, 0) is 39.7 Å². The Morgan fingerprint density at radius 1 is 1.17 bits per heavy atom. The maximum atomic E-state index is 5.62. The maximum Gasteiger partial charge on any atom is 0.245 e. The molecule has 0 unspecified atom stereocenters. The fourth-order valence-corrected chi connectivity index (χ4v) is 2.49. The zero-order valence-corrected chi connectivity index (χ0v) is 11.4. The van der Waals surface area contributed by atoms with Crippen molar-refractivity contribution in [2.24, 2.45) is 5.73 Å². The summed E-state index contributed by atoms with van der Waals surface area (Å²) in [6, 6.07) is 0.570. The van der Waals surface area contributed by atoms with Crippen molar-refractivity contribution in [2.45, 2.75) is 52.0 Å². The van der Waals surface area contributed by atoms with E-state index in [0.717, 1.165) is 30.3 Å². The Balaban J connectivity index is 2.17. The molecule has 5 heteroatoms. The molecule has 1 fully saturated rings. The highest BCUT2D eigenvalue weighted by molar-refractivity contribution is 5.32. The highest BCUT2D eigenvalue weighted by Gasteiger charge is 2.24. The molecule has 0 atom stereocenters. The lowest BCUT2D eigenvalue weighted by Gasteiger charge is -2.28. The molecule has 0 saturated heterocycles. The van der Waals surface area contributed by atoms with Gasteiger partial charge in [-0.1, -0.05) is 12.8 Å². The highest BCUT2D eigenvalue weighted by Crippen LogP contribution is 2.26. The molecule has 1 saturated carbocycles. The molecule has 0 radical (unpaired) electrons. The number of aromatic nitrogens is 3. The van der Waals surface area contributed by atoms with Gasteiger partial charge in [-0.3, -0.25) is 0 Å². The van der Waals surface area contributed by atoms with E-state index in [1.807, 2.05) is 13.8 Å². The molecule has 1 aliphatic rings. The minimum absolute atomic E-state index is 0.570. The Kier molecular flexibility index (Phi) is 4.47. The zero-order valence-electron chi connectivity index (χ0n) is 11.4. The summed E-state index contributed by atoms with van der Waals surface area (Å²) < 4.78 is 0. The van der Waals surface area contributed by atoms with Crippen LogP contribution in [0.25, 0.3) is 0 Å². The molecular weight excluding hydrogens is 226 g/mol. The number of anilines is 1. The van der Waals surface area contributed by atoms with Crippen molar-refractivity contribution in [3.8, 4) is 0 Å². The molecule has 1 aliphatic carbocycles. The largest absolute Gasteiger partial charge is 0.336 e. The minimum atomic E-state index is 0.570. The van der Waals surface area contributed by atoms with Crippen molar-refractivity contribution in [3.63, 3.8) is 0 Å². The molecule has 2 N–H and O–H groups in total. The summed E-state index contributed by atoms with van der Waals surface area (Å²) >= 11 is 0. The average molecular weight is 249 g/mol. The van der Waals surface area contributed by atoms with E-state index in [9.17, 15) is 0 Å². The van der Waals surface area contributed by atoms with Crippen LogP contribution in [0.1, 0.15) is 43.5 Å². The fourth-order valence-electron chi connectivity index (χ4n) is 2.49. The van der Waals surface area contributed by atoms with Crippen molar-refractivity contribution in [2.75, 3.05) is 18.0 Å². The summed E-state index contributed by atoms with van der Waals surface area (Å²) in [4.78, 5) is 6.89. The lowest BCUT2D eigenvalue weighted by atomic mass is 10.2. The maximum absolute atomic E-state index is 5.62. The summed E-state index contributed by atoms with van der Waals surface area (Å²) in [7, 11) is 0. The van der Waals surface area contributed by atoms with Gasteiger partial charge in [0.1, 0.15) is 0 Å². The van der Waals surface area contributed by atoms with Crippen molar-refractivity contribution >= 4 is 5.95 Å². The van der Waals surface area contributed by atoms with Gasteiger partial charge in [-0.2, -0.15) is 5.10 Å². The molecule has 1 aromatic heterocycles. The Bertz CT molecular complexity index is 387. The van der Waals surface area contributed by atoms with E-state index in [4.69, 9.17) is 5.73 Å². The van der Waals surface area contributed by atoms with Crippen LogP contribution < -0.4 is 10.6 Å². The van der Waals surface area contributed by atoms with Crippen LogP contribution in [-0.4, -0.2) is 34.3 Å². The monoisotopic (exact) mass is 249 g/mol. The summed E-state index contributed by atoms with van der Waals surface area (Å²) in [6.07, 6.45) is 6.07. The van der Waals surface area contributed by atoms with Gasteiger partial charge in [0.2, 0.25) is 5.95 Å². The van der Waals surface area contributed by atoms with Crippen LogP contribution in [0, 0.1) is 13.8 Å². The van der Waals surface area contributed by atoms with Crippen LogP contribution in [0.3, 0.4) is 0 Å². The third kappa shape index (κ3) is 2.96. The molecular formula is C13H23N5. The second kappa shape index (κ2) is 6.09. The first kappa shape index (κ1) is 13.2. The number of hydrogen-bond acceptors (Lipinski definition) is 5. The van der Waals surface area contributed by atoms with E-state index in [1.165, 1.54) is 25.7 Å². The van der Waals surface area contributed by atoms with Crippen LogP contribution in [0.2, 0.25) is 0 Å². The lowest BCUT2D eigenvalue weighted by Crippen LogP contribution is -2.36. The molecule has 0 aliphatic heterocycles. The van der Waals surface area contributed by atoms with E-state index in [-0.39, 0.29) is 0 Å². The summed E-state index contributed by atoms with van der Waals surface area (Å²) in [5.41, 5.74) is 7.50. The molecule has 100 valence electrons. The molecule has 2 rings (SSSR count). The van der Waals surface area contributed by atoms with Crippen molar-refractivity contribution in [1.82, 2.24) is 15.2 Å². The predicted molar refractivity (Wildman–Crippen MR) is 72.6 cm³/mol. The summed E-state index contributed by atoms with van der Waals surface area (Å²) in [6.45, 7) is 5.58. The fraction of sp³-hybridized carbons (Fsp3) is 0.769. The summed E-state index contributed by atoms with van der Waals surface area (Å²) in [5.74, 6) is 0.776. The Hall–Kier alpha value is -1.23. The van der Waals surface area contributed by atoms with Gasteiger partial charge < -0.3 is 10.6 Å². The van der Waals surface area contributed by atoms with Crippen molar-refractivity contribution in [1.29, 1.82) is 0 Å². The quantitative estimate of drug-likeness (QED) is 0.858. The molecule has 0 bridgehead atoms. The van der Waals surface area contributed by atoms with Crippen molar-refractivity contribution < 1.29 is 0 Å². The highest BCUT2D eigenvalue weighted by atomic mass is 15.3. The van der Waals surface area contributed by atoms with Crippen molar-refractivity contribution in [3.05, 3.63) is 11.4 Å². The van der Waals surface area contributed by atoms with Gasteiger partial charge in [-0.25, -0.2) is 4.98 Å². The molecule has 18 heavy (non-hydrogen) atoms. The SMILES string of the molecule is Cc1nnc(N(CCCN)C2CCCC2)nc1C. The third-order valence-electron chi connectivity index (χ3n) is 3.71. The first-order valence-corrected chi connectivity index (χ1v) is 6.87. The van der Waals surface area contributed by atoms with Gasteiger partial charge in [-0.15, -0.1) is 5.10 Å². The number of nitrogens with zero attached hydrogens (tertiary/aromatic N) is 4. The molecule has 0 amide bonds. The Morgan fingerprint density at radius 2 is 1.89 bits per heavy atom. The van der Waals surface area contributed by atoms with Gasteiger partial charge in [0.25, 0.3) is 0 Å². The average Bonchev–Trinajstić information content (AvgIpc) is 2.88. The Labute approximate surface area is 109 Å². The van der Waals surface area contributed by atoms with Gasteiger partial charge >= 0.3 is 0 Å². The second-order valence-corrected chi connectivity index (χ2v) is 5.06. The molecule has 0 aromatic carbocycles. The number of rotatable bonds is 5. The molecule has 1 heterocycles. The van der Waals surface area contributed by atoms with Crippen LogP contribution >= 0.6 is 0 Å². The first-order valence-electron chi connectivity index (χ1n) is 6.87. The Morgan fingerprint density at radius 3 is 2.50 bits per heavy atom. The van der Waals surface area contributed by atoms with E-state index in [2.05, 4.69) is 20.1 Å². The van der Waals surface area contributed by atoms with Crippen LogP contribution in [-0.2, 0) is 0 Å². The van der Waals surface area contributed by atoms with E-state index in [1.54, 1.807) is 0 Å². The van der Waals surface area contributed by atoms with Crippen LogP contribution in [0.15, 0.2) is 0 Å². The summed E-state index contributed by atoms with van der Waals surface area (Å²) in [5, 5.41) is 8.45. The zero-order chi connectivity index (χ0) is 13.0. The number of nitrogens with two attached hydrogens (primary N) is 1. The topological polar surface area (TPSA) is 67.9 Å². The minimum Gasteiger partial charge on any atom is -0.336 e. The van der Waals surface area contributed by atoms with Crippen LogP contribution in [0.5, 0.6) is 0 Å². The van der Waals surface area contributed by atoms with E-state index in [0.29, 0.717) is 12.6 Å². The normalized spacial score (nSPS) is 16.2. The number of aryl methyl sites for hydroxylation is 2. The van der Waals surface area contributed by atoms with E-state index >= 15 is 0 Å². The van der Waals surface area contributed by atoms with E-state index < -0.39 is 0 Å². The first-order chi connectivity index (χ1) is 8.72.